The summed E-state index contributed by atoms with van der Waals surface area (Å²) in [5, 5.41) is 0. The predicted molar refractivity (Wildman–Crippen MR) is 62.3 cm³/mol. The first-order chi connectivity index (χ1) is 7.97. The van der Waals surface area contributed by atoms with Crippen LogP contribution in [0.1, 0.15) is 17.9 Å². The number of carbonyl (C=O) groups is 1. The Kier molecular flexibility index (Phi) is 3.06. The number of ether oxygens (including phenoxy) is 1. The molecule has 1 aromatic carbocycles. The molecule has 2 rings (SSSR count). The molecule has 0 saturated carbocycles. The van der Waals surface area contributed by atoms with Crippen molar-refractivity contribution in [2.24, 2.45) is 0 Å². The Hall–Kier alpha value is -1.56. The average molecular weight is 255 g/mol. The van der Waals surface area contributed by atoms with E-state index >= 15 is 0 Å². The molecule has 92 valence electrons. The molecule has 1 unspecified atom stereocenters. The fourth-order valence-electron chi connectivity index (χ4n) is 1.87. The third-order valence-electron chi connectivity index (χ3n) is 2.56. The summed E-state index contributed by atoms with van der Waals surface area (Å²) in [6.45, 7) is 0.416. The maximum Gasteiger partial charge on any atom is 0.241 e. The number of sulfonamides is 1. The first-order valence-corrected chi connectivity index (χ1v) is 7.10. The fourth-order valence-corrected chi connectivity index (χ4v) is 2.38. The molecule has 0 radical (unpaired) electrons. The second-order valence-corrected chi connectivity index (χ2v) is 5.71. The molecule has 1 atom stereocenters. The third kappa shape index (κ3) is 2.76. The highest BCUT2D eigenvalue weighted by atomic mass is 32.2. The summed E-state index contributed by atoms with van der Waals surface area (Å²) in [5.74, 6) is -0.315. The molecule has 1 N–H and O–H groups in total. The van der Waals surface area contributed by atoms with E-state index < -0.39 is 21.8 Å². The van der Waals surface area contributed by atoms with Crippen molar-refractivity contribution in [1.29, 1.82) is 0 Å². The molecule has 1 amide bonds. The molecular formula is C11H13NO4S. The number of fused-ring (bicyclic) bond motifs is 1. The normalized spacial score (nSPS) is 19.0. The second kappa shape index (κ2) is 4.37. The average Bonchev–Trinajstić information content (AvgIpc) is 2.26. The van der Waals surface area contributed by atoms with E-state index in [0.717, 1.165) is 11.8 Å². The fraction of sp³-hybridized carbons (Fsp3) is 0.364. The zero-order valence-electron chi connectivity index (χ0n) is 9.34. The van der Waals surface area contributed by atoms with E-state index in [1.807, 2.05) is 10.8 Å². The monoisotopic (exact) mass is 255 g/mol. The van der Waals surface area contributed by atoms with E-state index in [9.17, 15) is 13.2 Å². The lowest BCUT2D eigenvalue weighted by molar-refractivity contribution is -0.121. The zero-order valence-corrected chi connectivity index (χ0v) is 10.2. The predicted octanol–water partition coefficient (Wildman–Crippen LogP) is 0.628. The molecule has 5 nitrogen and oxygen atoms in total. The summed E-state index contributed by atoms with van der Waals surface area (Å²) in [6, 6.07) is 7.17. The maximum absolute atomic E-state index is 11.8. The largest absolute Gasteiger partial charge is 0.493 e. The van der Waals surface area contributed by atoms with Gasteiger partial charge in [0.1, 0.15) is 5.75 Å². The van der Waals surface area contributed by atoms with E-state index in [0.29, 0.717) is 18.8 Å². The number of nitrogens with one attached hydrogen (secondary N) is 1. The molecule has 0 bridgehead atoms. The highest BCUT2D eigenvalue weighted by Crippen LogP contribution is 2.33. The van der Waals surface area contributed by atoms with Crippen LogP contribution in [0.2, 0.25) is 0 Å². The van der Waals surface area contributed by atoms with E-state index in [-0.39, 0.29) is 0 Å². The van der Waals surface area contributed by atoms with Gasteiger partial charge in [-0.2, -0.15) is 0 Å². The summed E-state index contributed by atoms with van der Waals surface area (Å²) in [7, 11) is -3.52. The van der Waals surface area contributed by atoms with E-state index in [2.05, 4.69) is 0 Å². The van der Waals surface area contributed by atoms with E-state index in [1.54, 1.807) is 18.2 Å². The van der Waals surface area contributed by atoms with Crippen LogP contribution in [0.25, 0.3) is 0 Å². The van der Waals surface area contributed by atoms with E-state index in [1.165, 1.54) is 0 Å². The van der Waals surface area contributed by atoms with Crippen LogP contribution in [-0.2, 0) is 14.8 Å². The summed E-state index contributed by atoms with van der Waals surface area (Å²) in [4.78, 5) is 11.8. The Morgan fingerprint density at radius 1 is 1.41 bits per heavy atom. The van der Waals surface area contributed by atoms with Crippen LogP contribution in [0.4, 0.5) is 0 Å². The minimum absolute atomic E-state index is 0.416. The zero-order chi connectivity index (χ0) is 12.5. The van der Waals surface area contributed by atoms with Crippen LogP contribution < -0.4 is 9.46 Å². The lowest BCUT2D eigenvalue weighted by Gasteiger charge is -2.24. The van der Waals surface area contributed by atoms with Gasteiger partial charge < -0.3 is 4.74 Å². The number of benzene rings is 1. The van der Waals surface area contributed by atoms with Gasteiger partial charge in [-0.15, -0.1) is 0 Å². The number of hydrogen-bond acceptors (Lipinski definition) is 4. The Morgan fingerprint density at radius 3 is 2.82 bits per heavy atom. The SMILES string of the molecule is CS(=O)(=O)NC(=O)C1CCOc2ccccc21. The van der Waals surface area contributed by atoms with Crippen LogP contribution in [0.5, 0.6) is 5.75 Å². The van der Waals surface area contributed by atoms with Gasteiger partial charge in [0.25, 0.3) is 0 Å². The van der Waals surface area contributed by atoms with Crippen LogP contribution in [-0.4, -0.2) is 27.2 Å². The summed E-state index contributed by atoms with van der Waals surface area (Å²) in [5.41, 5.74) is 0.736. The van der Waals surface area contributed by atoms with Gasteiger partial charge in [0, 0.05) is 5.56 Å². The highest BCUT2D eigenvalue weighted by Gasteiger charge is 2.28. The first kappa shape index (κ1) is 11.9. The number of amides is 1. The molecule has 6 heteroatoms. The van der Waals surface area contributed by atoms with Gasteiger partial charge in [0.05, 0.1) is 18.8 Å². The number of rotatable bonds is 2. The quantitative estimate of drug-likeness (QED) is 0.841. The van der Waals surface area contributed by atoms with Gasteiger partial charge in [-0.3, -0.25) is 9.52 Å². The van der Waals surface area contributed by atoms with Crippen molar-refractivity contribution < 1.29 is 17.9 Å². The molecule has 0 saturated heterocycles. The summed E-state index contributed by atoms with van der Waals surface area (Å²) >= 11 is 0. The van der Waals surface area contributed by atoms with Crippen LogP contribution in [0, 0.1) is 0 Å². The molecule has 0 fully saturated rings. The van der Waals surface area contributed by atoms with Crippen molar-refractivity contribution >= 4 is 15.9 Å². The Bertz CT molecular complexity index is 538. The number of carbonyl (C=O) groups excluding carboxylic acids is 1. The first-order valence-electron chi connectivity index (χ1n) is 5.21. The molecule has 1 aliphatic heterocycles. The van der Waals surface area contributed by atoms with Crippen molar-refractivity contribution in [3.8, 4) is 5.75 Å². The van der Waals surface area contributed by atoms with E-state index in [4.69, 9.17) is 4.74 Å². The van der Waals surface area contributed by atoms with Crippen LogP contribution >= 0.6 is 0 Å². The maximum atomic E-state index is 11.8. The van der Waals surface area contributed by atoms with Crippen molar-refractivity contribution in [1.82, 2.24) is 4.72 Å². The molecule has 1 heterocycles. The van der Waals surface area contributed by atoms with Gasteiger partial charge in [0.2, 0.25) is 15.9 Å². The minimum Gasteiger partial charge on any atom is -0.493 e. The van der Waals surface area contributed by atoms with Crippen molar-refractivity contribution in [2.75, 3.05) is 12.9 Å². The molecule has 1 aromatic rings. The Balaban J connectivity index is 2.27. The number of hydrogen-bond donors (Lipinski definition) is 1. The molecule has 1 aliphatic rings. The van der Waals surface area contributed by atoms with Gasteiger partial charge in [-0.1, -0.05) is 18.2 Å². The van der Waals surface area contributed by atoms with Gasteiger partial charge in [-0.25, -0.2) is 8.42 Å². The smallest absolute Gasteiger partial charge is 0.241 e. The number of para-hydroxylation sites is 1. The van der Waals surface area contributed by atoms with Crippen molar-refractivity contribution in [3.05, 3.63) is 29.8 Å². The van der Waals surface area contributed by atoms with Gasteiger partial charge in [-0.05, 0) is 12.5 Å². The molecule has 17 heavy (non-hydrogen) atoms. The minimum atomic E-state index is -3.52. The topological polar surface area (TPSA) is 72.5 Å². The lowest BCUT2D eigenvalue weighted by atomic mass is 9.93. The second-order valence-electron chi connectivity index (χ2n) is 3.97. The van der Waals surface area contributed by atoms with Crippen molar-refractivity contribution in [2.45, 2.75) is 12.3 Å². The standard InChI is InChI=1S/C11H13NO4S/c1-17(14,15)12-11(13)9-6-7-16-10-5-3-2-4-8(9)10/h2-5,9H,6-7H2,1H3,(H,12,13). The summed E-state index contributed by atoms with van der Waals surface area (Å²) < 4.78 is 29.5. The van der Waals surface area contributed by atoms with Gasteiger partial charge >= 0.3 is 0 Å². The molecule has 0 aliphatic carbocycles. The molecule has 0 spiro atoms. The Labute approximate surface area is 99.8 Å². The van der Waals surface area contributed by atoms with Crippen LogP contribution in [0.15, 0.2) is 24.3 Å². The van der Waals surface area contributed by atoms with Crippen LogP contribution in [0.3, 0.4) is 0 Å². The third-order valence-corrected chi connectivity index (χ3v) is 3.13. The van der Waals surface area contributed by atoms with Gasteiger partial charge in [0.15, 0.2) is 0 Å². The highest BCUT2D eigenvalue weighted by molar-refractivity contribution is 7.89. The Morgan fingerprint density at radius 2 is 2.12 bits per heavy atom. The lowest BCUT2D eigenvalue weighted by Crippen LogP contribution is -2.35. The van der Waals surface area contributed by atoms with Crippen molar-refractivity contribution in [3.63, 3.8) is 0 Å². The summed E-state index contributed by atoms with van der Waals surface area (Å²) in [6.07, 6.45) is 1.45. The molecule has 0 aromatic heterocycles. The molecular weight excluding hydrogens is 242 g/mol.